The topological polar surface area (TPSA) is 50.7 Å². The lowest BCUT2D eigenvalue weighted by Gasteiger charge is -2.15. The van der Waals surface area contributed by atoms with Crippen LogP contribution in [0.2, 0.25) is 0 Å². The number of aliphatic hydroxyl groups is 1. The van der Waals surface area contributed by atoms with Crippen LogP contribution in [0.15, 0.2) is 35.7 Å². The van der Waals surface area contributed by atoms with E-state index in [1.807, 2.05) is 29.6 Å². The molecule has 2 aromatic rings. The lowest BCUT2D eigenvalue weighted by Crippen LogP contribution is -2.31. The van der Waals surface area contributed by atoms with Gasteiger partial charge < -0.3 is 19.9 Å². The van der Waals surface area contributed by atoms with E-state index in [0.29, 0.717) is 13.2 Å². The first-order valence-corrected chi connectivity index (χ1v) is 8.31. The van der Waals surface area contributed by atoms with Gasteiger partial charge in [0.2, 0.25) is 0 Å². The fraction of sp³-hybridized carbons (Fsp3) is 0.412. The summed E-state index contributed by atoms with van der Waals surface area (Å²) in [5.74, 6) is 1.47. The van der Waals surface area contributed by atoms with Crippen LogP contribution < -0.4 is 14.8 Å². The van der Waals surface area contributed by atoms with E-state index in [4.69, 9.17) is 9.47 Å². The van der Waals surface area contributed by atoms with Crippen molar-refractivity contribution < 1.29 is 14.6 Å². The van der Waals surface area contributed by atoms with Crippen molar-refractivity contribution in [2.75, 3.05) is 13.7 Å². The smallest absolute Gasteiger partial charge is 0.161 e. The van der Waals surface area contributed by atoms with Gasteiger partial charge in [-0.2, -0.15) is 0 Å². The Hall–Kier alpha value is -1.56. The van der Waals surface area contributed by atoms with E-state index in [1.165, 1.54) is 4.88 Å². The number of thiophene rings is 1. The molecule has 4 nitrogen and oxygen atoms in total. The van der Waals surface area contributed by atoms with Crippen LogP contribution >= 0.6 is 11.3 Å². The predicted octanol–water partition coefficient (Wildman–Crippen LogP) is 3.20. The summed E-state index contributed by atoms with van der Waals surface area (Å²) in [5, 5.41) is 14.6. The van der Waals surface area contributed by atoms with Crippen molar-refractivity contribution >= 4 is 11.3 Å². The van der Waals surface area contributed by atoms with Gasteiger partial charge in [-0.3, -0.25) is 0 Å². The third kappa shape index (κ3) is 4.73. The Bertz CT molecular complexity index is 553. The molecular weight excluding hydrogens is 298 g/mol. The number of ether oxygens (including phenoxy) is 2. The normalized spacial score (nSPS) is 12.1. The van der Waals surface area contributed by atoms with Crippen LogP contribution in [0.5, 0.6) is 11.5 Å². The van der Waals surface area contributed by atoms with Gasteiger partial charge in [-0.25, -0.2) is 0 Å². The van der Waals surface area contributed by atoms with E-state index in [9.17, 15) is 5.11 Å². The summed E-state index contributed by atoms with van der Waals surface area (Å²) in [6, 6.07) is 10.1. The second-order valence-electron chi connectivity index (χ2n) is 5.02. The molecule has 0 aliphatic rings. The fourth-order valence-electron chi connectivity index (χ4n) is 2.08. The van der Waals surface area contributed by atoms with Gasteiger partial charge in [0.1, 0.15) is 6.61 Å². The molecule has 2 N–H and O–H groups in total. The molecule has 1 atom stereocenters. The van der Waals surface area contributed by atoms with Crippen LogP contribution in [-0.4, -0.2) is 24.9 Å². The molecule has 0 spiro atoms. The van der Waals surface area contributed by atoms with Gasteiger partial charge in [-0.05, 0) is 35.6 Å². The number of hydrogen-bond acceptors (Lipinski definition) is 5. The van der Waals surface area contributed by atoms with Crippen LogP contribution in [0.3, 0.4) is 0 Å². The van der Waals surface area contributed by atoms with Gasteiger partial charge in [0.25, 0.3) is 0 Å². The number of hydrogen-bond donors (Lipinski definition) is 2. The van der Waals surface area contributed by atoms with Crippen molar-refractivity contribution in [3.63, 3.8) is 0 Å². The molecule has 1 unspecified atom stereocenters. The van der Waals surface area contributed by atoms with Gasteiger partial charge in [0.05, 0.1) is 13.7 Å². The second kappa shape index (κ2) is 8.78. The van der Waals surface area contributed by atoms with Crippen LogP contribution in [0.4, 0.5) is 0 Å². The molecule has 22 heavy (non-hydrogen) atoms. The molecule has 5 heteroatoms. The molecular formula is C17H23NO3S. The molecule has 0 radical (unpaired) electrons. The van der Waals surface area contributed by atoms with Gasteiger partial charge in [-0.1, -0.05) is 19.1 Å². The first-order valence-electron chi connectivity index (χ1n) is 7.43. The maximum absolute atomic E-state index is 9.20. The summed E-state index contributed by atoms with van der Waals surface area (Å²) in [6.45, 7) is 3.44. The molecule has 0 amide bonds. The molecule has 0 aliphatic heterocycles. The van der Waals surface area contributed by atoms with Crippen molar-refractivity contribution in [3.8, 4) is 11.5 Å². The Kier molecular flexibility index (Phi) is 6.71. The van der Waals surface area contributed by atoms with Crippen molar-refractivity contribution in [2.45, 2.75) is 32.5 Å². The van der Waals surface area contributed by atoms with Gasteiger partial charge in [0.15, 0.2) is 11.5 Å². The number of nitrogens with one attached hydrogen (secondary N) is 1. The maximum Gasteiger partial charge on any atom is 0.161 e. The fourth-order valence-corrected chi connectivity index (χ4v) is 2.70. The summed E-state index contributed by atoms with van der Waals surface area (Å²) in [7, 11) is 1.65. The van der Waals surface area contributed by atoms with E-state index in [0.717, 1.165) is 23.5 Å². The summed E-state index contributed by atoms with van der Waals surface area (Å²) in [6.07, 6.45) is 0.898. The van der Waals surface area contributed by atoms with E-state index in [-0.39, 0.29) is 12.6 Å². The van der Waals surface area contributed by atoms with Crippen molar-refractivity contribution in [1.82, 2.24) is 5.32 Å². The highest BCUT2D eigenvalue weighted by Gasteiger charge is 2.08. The Balaban J connectivity index is 1.97. The van der Waals surface area contributed by atoms with Crippen LogP contribution in [-0.2, 0) is 13.2 Å². The van der Waals surface area contributed by atoms with Crippen LogP contribution in [0, 0.1) is 0 Å². The third-order valence-electron chi connectivity index (χ3n) is 3.49. The summed E-state index contributed by atoms with van der Waals surface area (Å²) in [5.41, 5.74) is 1.10. The first-order chi connectivity index (χ1) is 10.8. The molecule has 0 saturated carbocycles. The van der Waals surface area contributed by atoms with E-state index in [2.05, 4.69) is 18.3 Å². The summed E-state index contributed by atoms with van der Waals surface area (Å²) >= 11 is 1.68. The molecule has 1 aromatic heterocycles. The van der Waals surface area contributed by atoms with Gasteiger partial charge in [-0.15, -0.1) is 11.3 Å². The SMILES string of the molecule is CCC(CO)NCc1ccc(OCc2cccs2)c(OC)c1. The van der Waals surface area contributed by atoms with Gasteiger partial charge in [0, 0.05) is 17.5 Å². The zero-order chi connectivity index (χ0) is 15.8. The lowest BCUT2D eigenvalue weighted by atomic mass is 10.1. The number of benzene rings is 1. The Labute approximate surface area is 135 Å². The Morgan fingerprint density at radius 2 is 2.14 bits per heavy atom. The highest BCUT2D eigenvalue weighted by molar-refractivity contribution is 7.09. The Morgan fingerprint density at radius 3 is 2.77 bits per heavy atom. The average Bonchev–Trinajstić information content (AvgIpc) is 3.07. The highest BCUT2D eigenvalue weighted by Crippen LogP contribution is 2.29. The molecule has 1 heterocycles. The second-order valence-corrected chi connectivity index (χ2v) is 6.05. The molecule has 1 aromatic carbocycles. The lowest BCUT2D eigenvalue weighted by molar-refractivity contribution is 0.238. The van der Waals surface area contributed by atoms with E-state index >= 15 is 0 Å². The zero-order valence-corrected chi connectivity index (χ0v) is 13.9. The molecule has 120 valence electrons. The first kappa shape index (κ1) is 16.8. The zero-order valence-electron chi connectivity index (χ0n) is 13.0. The monoisotopic (exact) mass is 321 g/mol. The van der Waals surface area contributed by atoms with E-state index < -0.39 is 0 Å². The minimum absolute atomic E-state index is 0.126. The van der Waals surface area contributed by atoms with E-state index in [1.54, 1.807) is 18.4 Å². The maximum atomic E-state index is 9.20. The van der Waals surface area contributed by atoms with Crippen molar-refractivity contribution in [1.29, 1.82) is 0 Å². The summed E-state index contributed by atoms with van der Waals surface area (Å²) < 4.78 is 11.2. The quantitative estimate of drug-likeness (QED) is 0.745. The van der Waals surface area contributed by atoms with Crippen LogP contribution in [0.25, 0.3) is 0 Å². The predicted molar refractivity (Wildman–Crippen MR) is 89.6 cm³/mol. The largest absolute Gasteiger partial charge is 0.493 e. The van der Waals surface area contributed by atoms with Crippen molar-refractivity contribution in [2.24, 2.45) is 0 Å². The molecule has 0 aliphatic carbocycles. The molecule has 0 bridgehead atoms. The standard InChI is InChI=1S/C17H23NO3S/c1-3-14(11-19)18-10-13-6-7-16(17(9-13)20-2)21-12-15-5-4-8-22-15/h4-9,14,18-19H,3,10-12H2,1-2H3. The Morgan fingerprint density at radius 1 is 1.27 bits per heavy atom. The van der Waals surface area contributed by atoms with Crippen molar-refractivity contribution in [3.05, 3.63) is 46.2 Å². The minimum Gasteiger partial charge on any atom is -0.493 e. The highest BCUT2D eigenvalue weighted by atomic mass is 32.1. The molecule has 0 saturated heterocycles. The van der Waals surface area contributed by atoms with Crippen LogP contribution in [0.1, 0.15) is 23.8 Å². The van der Waals surface area contributed by atoms with Gasteiger partial charge >= 0.3 is 0 Å². The number of aliphatic hydroxyl groups excluding tert-OH is 1. The molecule has 0 fully saturated rings. The third-order valence-corrected chi connectivity index (χ3v) is 4.34. The number of rotatable bonds is 9. The number of methoxy groups -OCH3 is 1. The molecule has 2 rings (SSSR count). The minimum atomic E-state index is 0.126. The summed E-state index contributed by atoms with van der Waals surface area (Å²) in [4.78, 5) is 1.18. The average molecular weight is 321 g/mol.